The van der Waals surface area contributed by atoms with Gasteiger partial charge in [-0.25, -0.2) is 0 Å². The largest absolute Gasteiger partial charge is 0.494 e. The topological polar surface area (TPSA) is 38.3 Å². The SMILES string of the molecule is Cc1ccc(OCCCC(=O)Nc2ccc(Cl)c(Cl)c2)cc1. The maximum atomic E-state index is 11.8. The second kappa shape index (κ2) is 8.06. The Labute approximate surface area is 140 Å². The summed E-state index contributed by atoms with van der Waals surface area (Å²) in [5.41, 5.74) is 1.83. The second-order valence-electron chi connectivity index (χ2n) is 4.94. The molecule has 5 heteroatoms. The van der Waals surface area contributed by atoms with Crippen molar-refractivity contribution in [3.8, 4) is 5.75 Å². The summed E-state index contributed by atoms with van der Waals surface area (Å²) in [6.07, 6.45) is 1.02. The van der Waals surface area contributed by atoms with Crippen molar-refractivity contribution in [2.45, 2.75) is 19.8 Å². The zero-order chi connectivity index (χ0) is 15.9. The van der Waals surface area contributed by atoms with Crippen molar-refractivity contribution in [2.75, 3.05) is 11.9 Å². The molecule has 0 unspecified atom stereocenters. The van der Waals surface area contributed by atoms with Crippen LogP contribution in [-0.2, 0) is 4.79 Å². The van der Waals surface area contributed by atoms with Crippen LogP contribution in [0.1, 0.15) is 18.4 Å². The number of halogens is 2. The second-order valence-corrected chi connectivity index (χ2v) is 5.76. The van der Waals surface area contributed by atoms with E-state index in [-0.39, 0.29) is 5.91 Å². The van der Waals surface area contributed by atoms with E-state index in [1.54, 1.807) is 18.2 Å². The predicted molar refractivity (Wildman–Crippen MR) is 91.0 cm³/mol. The van der Waals surface area contributed by atoms with Crippen molar-refractivity contribution in [3.05, 3.63) is 58.1 Å². The number of carbonyl (C=O) groups excluding carboxylic acids is 1. The zero-order valence-electron chi connectivity index (χ0n) is 12.2. The van der Waals surface area contributed by atoms with E-state index in [1.807, 2.05) is 31.2 Å². The monoisotopic (exact) mass is 337 g/mol. The number of aryl methyl sites for hydroxylation is 1. The molecule has 2 aromatic carbocycles. The van der Waals surface area contributed by atoms with Crippen LogP contribution in [0.15, 0.2) is 42.5 Å². The molecule has 0 spiro atoms. The van der Waals surface area contributed by atoms with E-state index in [0.29, 0.717) is 35.2 Å². The van der Waals surface area contributed by atoms with Crippen LogP contribution < -0.4 is 10.1 Å². The molecule has 0 aliphatic heterocycles. The summed E-state index contributed by atoms with van der Waals surface area (Å²) in [6.45, 7) is 2.52. The van der Waals surface area contributed by atoms with Gasteiger partial charge in [-0.3, -0.25) is 4.79 Å². The van der Waals surface area contributed by atoms with E-state index < -0.39 is 0 Å². The predicted octanol–water partition coefficient (Wildman–Crippen LogP) is 5.10. The fourth-order valence-electron chi connectivity index (χ4n) is 1.85. The van der Waals surface area contributed by atoms with E-state index >= 15 is 0 Å². The quantitative estimate of drug-likeness (QED) is 0.744. The van der Waals surface area contributed by atoms with Crippen LogP contribution in [0.4, 0.5) is 5.69 Å². The molecule has 0 saturated heterocycles. The van der Waals surface area contributed by atoms with E-state index in [4.69, 9.17) is 27.9 Å². The molecule has 0 heterocycles. The Morgan fingerprint density at radius 2 is 1.82 bits per heavy atom. The summed E-state index contributed by atoms with van der Waals surface area (Å²) in [5, 5.41) is 3.66. The Bertz CT molecular complexity index is 642. The van der Waals surface area contributed by atoms with E-state index in [2.05, 4.69) is 5.32 Å². The van der Waals surface area contributed by atoms with Gasteiger partial charge >= 0.3 is 0 Å². The molecular formula is C17H17Cl2NO2. The molecule has 116 valence electrons. The maximum absolute atomic E-state index is 11.8. The lowest BCUT2D eigenvalue weighted by Crippen LogP contribution is -2.12. The third-order valence-electron chi connectivity index (χ3n) is 3.04. The standard InChI is InChI=1S/C17H17Cl2NO2/c1-12-4-7-14(8-5-12)22-10-2-3-17(21)20-13-6-9-15(18)16(19)11-13/h4-9,11H,2-3,10H2,1H3,(H,20,21). The Balaban J connectivity index is 1.71. The highest BCUT2D eigenvalue weighted by atomic mass is 35.5. The summed E-state index contributed by atoms with van der Waals surface area (Å²) < 4.78 is 5.58. The van der Waals surface area contributed by atoms with Crippen molar-refractivity contribution in [3.63, 3.8) is 0 Å². The van der Waals surface area contributed by atoms with Gasteiger partial charge in [-0.05, 0) is 43.7 Å². The smallest absolute Gasteiger partial charge is 0.224 e. The average Bonchev–Trinajstić information content (AvgIpc) is 2.49. The Morgan fingerprint density at radius 1 is 1.09 bits per heavy atom. The molecule has 0 fully saturated rings. The van der Waals surface area contributed by atoms with Crippen molar-refractivity contribution < 1.29 is 9.53 Å². The first-order chi connectivity index (χ1) is 10.5. The van der Waals surface area contributed by atoms with Gasteiger partial charge in [0.05, 0.1) is 16.7 Å². The number of rotatable bonds is 6. The molecule has 0 saturated carbocycles. The lowest BCUT2D eigenvalue weighted by Gasteiger charge is -2.08. The first kappa shape index (κ1) is 16.7. The highest BCUT2D eigenvalue weighted by molar-refractivity contribution is 6.42. The van der Waals surface area contributed by atoms with Crippen molar-refractivity contribution in [2.24, 2.45) is 0 Å². The normalized spacial score (nSPS) is 10.3. The van der Waals surface area contributed by atoms with Crippen LogP contribution in [0.2, 0.25) is 10.0 Å². The van der Waals surface area contributed by atoms with Crippen LogP contribution in [0.3, 0.4) is 0 Å². The average molecular weight is 338 g/mol. The highest BCUT2D eigenvalue weighted by Gasteiger charge is 2.05. The van der Waals surface area contributed by atoms with Crippen molar-refractivity contribution in [1.29, 1.82) is 0 Å². The first-order valence-electron chi connectivity index (χ1n) is 6.99. The number of amides is 1. The summed E-state index contributed by atoms with van der Waals surface area (Å²) in [6, 6.07) is 12.8. The van der Waals surface area contributed by atoms with E-state index in [0.717, 1.165) is 5.75 Å². The summed E-state index contributed by atoms with van der Waals surface area (Å²) in [5.74, 6) is 0.737. The summed E-state index contributed by atoms with van der Waals surface area (Å²) in [4.78, 5) is 11.8. The van der Waals surface area contributed by atoms with Gasteiger partial charge in [0.25, 0.3) is 0 Å². The molecule has 2 aromatic rings. The maximum Gasteiger partial charge on any atom is 0.224 e. The lowest BCUT2D eigenvalue weighted by molar-refractivity contribution is -0.116. The van der Waals surface area contributed by atoms with Gasteiger partial charge in [0.15, 0.2) is 0 Å². The fourth-order valence-corrected chi connectivity index (χ4v) is 2.15. The molecule has 3 nitrogen and oxygen atoms in total. The third kappa shape index (κ3) is 5.24. The highest BCUT2D eigenvalue weighted by Crippen LogP contribution is 2.25. The molecule has 22 heavy (non-hydrogen) atoms. The number of nitrogens with one attached hydrogen (secondary N) is 1. The number of carbonyl (C=O) groups is 1. The number of ether oxygens (including phenoxy) is 1. The number of benzene rings is 2. The number of anilines is 1. The van der Waals surface area contributed by atoms with Gasteiger partial charge in [-0.1, -0.05) is 40.9 Å². The summed E-state index contributed by atoms with van der Waals surface area (Å²) >= 11 is 11.7. The Morgan fingerprint density at radius 3 is 2.50 bits per heavy atom. The molecule has 1 amide bonds. The van der Waals surface area contributed by atoms with Gasteiger partial charge in [0.1, 0.15) is 5.75 Å². The first-order valence-corrected chi connectivity index (χ1v) is 7.74. The molecular weight excluding hydrogens is 321 g/mol. The van der Waals surface area contributed by atoms with Gasteiger partial charge in [-0.2, -0.15) is 0 Å². The Hall–Kier alpha value is -1.71. The minimum atomic E-state index is -0.0779. The zero-order valence-corrected chi connectivity index (χ0v) is 13.7. The molecule has 0 radical (unpaired) electrons. The van der Waals surface area contributed by atoms with Crippen LogP contribution in [0.25, 0.3) is 0 Å². The van der Waals surface area contributed by atoms with Crippen molar-refractivity contribution in [1.82, 2.24) is 0 Å². The summed E-state index contributed by atoms with van der Waals surface area (Å²) in [7, 11) is 0. The minimum absolute atomic E-state index is 0.0779. The van der Waals surface area contributed by atoms with E-state index in [9.17, 15) is 4.79 Å². The van der Waals surface area contributed by atoms with Crippen LogP contribution in [0, 0.1) is 6.92 Å². The molecule has 0 aliphatic carbocycles. The van der Waals surface area contributed by atoms with E-state index in [1.165, 1.54) is 5.56 Å². The lowest BCUT2D eigenvalue weighted by atomic mass is 10.2. The molecule has 2 rings (SSSR count). The van der Waals surface area contributed by atoms with Crippen LogP contribution in [-0.4, -0.2) is 12.5 Å². The van der Waals surface area contributed by atoms with Gasteiger partial charge in [-0.15, -0.1) is 0 Å². The van der Waals surface area contributed by atoms with Crippen LogP contribution >= 0.6 is 23.2 Å². The van der Waals surface area contributed by atoms with Gasteiger partial charge in [0, 0.05) is 12.1 Å². The number of hydrogen-bond donors (Lipinski definition) is 1. The third-order valence-corrected chi connectivity index (χ3v) is 3.78. The Kier molecular flexibility index (Phi) is 6.10. The molecule has 0 aliphatic rings. The fraction of sp³-hybridized carbons (Fsp3) is 0.235. The number of hydrogen-bond acceptors (Lipinski definition) is 2. The molecule has 0 atom stereocenters. The molecule has 1 N–H and O–H groups in total. The van der Waals surface area contributed by atoms with Crippen molar-refractivity contribution >= 4 is 34.8 Å². The van der Waals surface area contributed by atoms with Gasteiger partial charge in [0.2, 0.25) is 5.91 Å². The van der Waals surface area contributed by atoms with Crippen LogP contribution in [0.5, 0.6) is 5.75 Å². The minimum Gasteiger partial charge on any atom is -0.494 e. The van der Waals surface area contributed by atoms with Gasteiger partial charge < -0.3 is 10.1 Å². The molecule has 0 aromatic heterocycles. The molecule has 0 bridgehead atoms.